The van der Waals surface area contributed by atoms with Gasteiger partial charge in [0.15, 0.2) is 0 Å². The number of aliphatic hydroxyl groups is 3. The summed E-state index contributed by atoms with van der Waals surface area (Å²) in [6.45, 7) is 6.72. The van der Waals surface area contributed by atoms with Gasteiger partial charge in [0.05, 0.1) is 18.3 Å². The van der Waals surface area contributed by atoms with Crippen molar-refractivity contribution >= 4 is 5.97 Å². The molecule has 0 heterocycles. The van der Waals surface area contributed by atoms with Gasteiger partial charge in [0.1, 0.15) is 0 Å². The summed E-state index contributed by atoms with van der Waals surface area (Å²) in [5.74, 6) is 1.25. The van der Waals surface area contributed by atoms with Crippen molar-refractivity contribution in [1.29, 1.82) is 0 Å². The number of carbonyl (C=O) groups is 1. The molecule has 0 unspecified atom stereocenters. The fraction of sp³-hybridized carbons (Fsp3) is 0.958. The second-order valence-corrected chi connectivity index (χ2v) is 11.4. The van der Waals surface area contributed by atoms with Gasteiger partial charge in [-0.15, -0.1) is 0 Å². The van der Waals surface area contributed by atoms with E-state index in [-0.39, 0.29) is 47.4 Å². The molecule has 5 nitrogen and oxygen atoms in total. The first kappa shape index (κ1) is 21.6. The highest BCUT2D eigenvalue weighted by atomic mass is 16.4. The largest absolute Gasteiger partial charge is 0.481 e. The van der Waals surface area contributed by atoms with Crippen LogP contribution < -0.4 is 0 Å². The molecule has 0 aromatic rings. The zero-order valence-electron chi connectivity index (χ0n) is 18.3. The third-order valence-electron chi connectivity index (χ3n) is 10.3. The van der Waals surface area contributed by atoms with E-state index in [2.05, 4.69) is 20.8 Å². The van der Waals surface area contributed by atoms with E-state index in [9.17, 15) is 20.1 Å². The van der Waals surface area contributed by atoms with Crippen molar-refractivity contribution in [2.45, 2.75) is 96.9 Å². The minimum absolute atomic E-state index is 0.00309. The minimum Gasteiger partial charge on any atom is -0.481 e. The third-order valence-corrected chi connectivity index (χ3v) is 10.3. The van der Waals surface area contributed by atoms with E-state index < -0.39 is 5.97 Å². The first-order valence-corrected chi connectivity index (χ1v) is 11.8. The second kappa shape index (κ2) is 7.49. The summed E-state index contributed by atoms with van der Waals surface area (Å²) in [6.07, 6.45) is 5.97. The van der Waals surface area contributed by atoms with Gasteiger partial charge in [-0.1, -0.05) is 20.8 Å². The van der Waals surface area contributed by atoms with Crippen LogP contribution in [0.3, 0.4) is 0 Å². The number of aliphatic carboxylic acids is 1. The molecule has 0 aromatic carbocycles. The molecule has 4 N–H and O–H groups in total. The molecule has 166 valence electrons. The van der Waals surface area contributed by atoms with Crippen molar-refractivity contribution in [1.82, 2.24) is 0 Å². The number of hydrogen-bond acceptors (Lipinski definition) is 4. The van der Waals surface area contributed by atoms with Gasteiger partial charge in [0.25, 0.3) is 0 Å². The third kappa shape index (κ3) is 3.27. The van der Waals surface area contributed by atoms with E-state index in [1.165, 1.54) is 0 Å². The van der Waals surface area contributed by atoms with Gasteiger partial charge >= 0.3 is 5.97 Å². The van der Waals surface area contributed by atoms with Gasteiger partial charge in [0, 0.05) is 6.42 Å². The second-order valence-electron chi connectivity index (χ2n) is 11.4. The lowest BCUT2D eigenvalue weighted by molar-refractivity contribution is -0.202. The molecule has 4 fully saturated rings. The standard InChI is InChI=1S/C24H40O5/c1-13(4-7-22(28)29)16-5-6-17-15-11-20(26)19-10-14(25)8-9-23(19,2)18(15)12-21(27)24(16,17)3/h13-21,25-27H,4-12H2,1-3H3,(H,28,29)/t13-,14-,15+,16-,17+,18+,19+,20+,21-,23-,24-/m1/s1. The molecule has 0 saturated heterocycles. The van der Waals surface area contributed by atoms with E-state index in [1.807, 2.05) is 0 Å². The van der Waals surface area contributed by atoms with Crippen molar-refractivity contribution < 1.29 is 25.2 Å². The summed E-state index contributed by atoms with van der Waals surface area (Å²) in [5, 5.41) is 41.8. The van der Waals surface area contributed by atoms with Crippen molar-refractivity contribution in [2.24, 2.45) is 46.3 Å². The topological polar surface area (TPSA) is 98.0 Å². The van der Waals surface area contributed by atoms with Gasteiger partial charge < -0.3 is 20.4 Å². The molecule has 4 rings (SSSR count). The molecule has 5 heteroatoms. The number of rotatable bonds is 4. The van der Waals surface area contributed by atoms with Crippen molar-refractivity contribution in [3.05, 3.63) is 0 Å². The molecule has 4 aliphatic rings. The number of aliphatic hydroxyl groups excluding tert-OH is 3. The molecule has 0 spiro atoms. The van der Waals surface area contributed by atoms with Crippen LogP contribution in [0, 0.1) is 46.3 Å². The van der Waals surface area contributed by atoms with E-state index >= 15 is 0 Å². The van der Waals surface area contributed by atoms with E-state index in [4.69, 9.17) is 5.11 Å². The maximum absolute atomic E-state index is 11.5. The van der Waals surface area contributed by atoms with Gasteiger partial charge in [-0.05, 0) is 97.7 Å². The van der Waals surface area contributed by atoms with Crippen LogP contribution in [0.25, 0.3) is 0 Å². The predicted molar refractivity (Wildman–Crippen MR) is 110 cm³/mol. The molecule has 0 aromatic heterocycles. The minimum atomic E-state index is -0.741. The average Bonchev–Trinajstić information content (AvgIpc) is 3.02. The zero-order valence-corrected chi connectivity index (χ0v) is 18.3. The Hall–Kier alpha value is -0.650. The predicted octanol–water partition coefficient (Wildman–Crippen LogP) is 3.45. The summed E-state index contributed by atoms with van der Waals surface area (Å²) in [5.41, 5.74) is -0.187. The van der Waals surface area contributed by atoms with Crippen LogP contribution in [0.1, 0.15) is 78.6 Å². The van der Waals surface area contributed by atoms with E-state index in [0.717, 1.165) is 38.5 Å². The molecule has 11 atom stereocenters. The highest BCUT2D eigenvalue weighted by molar-refractivity contribution is 5.66. The van der Waals surface area contributed by atoms with Crippen molar-refractivity contribution in [3.63, 3.8) is 0 Å². The van der Waals surface area contributed by atoms with Crippen molar-refractivity contribution in [2.75, 3.05) is 0 Å². The highest BCUT2D eigenvalue weighted by Gasteiger charge is 2.65. The first-order valence-electron chi connectivity index (χ1n) is 11.8. The Morgan fingerprint density at radius 1 is 1.00 bits per heavy atom. The molecule has 0 aliphatic heterocycles. The van der Waals surface area contributed by atoms with E-state index in [0.29, 0.717) is 36.5 Å². The lowest BCUT2D eigenvalue weighted by Crippen LogP contribution is -2.61. The van der Waals surface area contributed by atoms with Crippen LogP contribution in [0.15, 0.2) is 0 Å². The van der Waals surface area contributed by atoms with Crippen LogP contribution >= 0.6 is 0 Å². The monoisotopic (exact) mass is 408 g/mol. The SMILES string of the molecule is C[C@H](CCC(=O)O)[C@H]1CC[C@H]2[C@@H]3C[C@H](O)[C@@H]4C[C@H](O)CC[C@]4(C)[C@H]3C[C@@H](O)[C@]12C. The van der Waals surface area contributed by atoms with Crippen LogP contribution in [0.4, 0.5) is 0 Å². The molecular formula is C24H40O5. The maximum Gasteiger partial charge on any atom is 0.303 e. The van der Waals surface area contributed by atoms with Crippen molar-refractivity contribution in [3.8, 4) is 0 Å². The maximum atomic E-state index is 11.5. The number of hydrogen-bond donors (Lipinski definition) is 4. The van der Waals surface area contributed by atoms with Crippen LogP contribution in [0.2, 0.25) is 0 Å². The summed E-state index contributed by atoms with van der Waals surface area (Å²) < 4.78 is 0. The Morgan fingerprint density at radius 2 is 1.72 bits per heavy atom. The van der Waals surface area contributed by atoms with Gasteiger partial charge in [0.2, 0.25) is 0 Å². The molecule has 0 bridgehead atoms. The Morgan fingerprint density at radius 3 is 2.41 bits per heavy atom. The smallest absolute Gasteiger partial charge is 0.303 e. The van der Waals surface area contributed by atoms with Crippen LogP contribution in [-0.2, 0) is 4.79 Å². The summed E-state index contributed by atoms with van der Waals surface area (Å²) in [4.78, 5) is 11.1. The fourth-order valence-corrected chi connectivity index (χ4v) is 8.76. The van der Waals surface area contributed by atoms with Gasteiger partial charge in [-0.2, -0.15) is 0 Å². The van der Waals surface area contributed by atoms with Crippen LogP contribution in [0.5, 0.6) is 0 Å². The molecule has 4 saturated carbocycles. The first-order chi connectivity index (χ1) is 13.6. The molecule has 29 heavy (non-hydrogen) atoms. The van der Waals surface area contributed by atoms with Crippen LogP contribution in [-0.4, -0.2) is 44.7 Å². The molecular weight excluding hydrogens is 368 g/mol. The Labute approximate surface area is 174 Å². The quantitative estimate of drug-likeness (QED) is 0.571. The Kier molecular flexibility index (Phi) is 5.57. The normalized spacial score (nSPS) is 52.9. The number of fused-ring (bicyclic) bond motifs is 5. The Bertz CT molecular complexity index is 637. The summed E-state index contributed by atoms with van der Waals surface area (Å²) in [7, 11) is 0. The van der Waals surface area contributed by atoms with Gasteiger partial charge in [-0.25, -0.2) is 0 Å². The lowest BCUT2D eigenvalue weighted by atomic mass is 9.43. The molecule has 0 radical (unpaired) electrons. The molecule has 0 amide bonds. The number of carboxylic acids is 1. The summed E-state index contributed by atoms with van der Waals surface area (Å²) in [6, 6.07) is 0. The number of carboxylic acid groups (broad SMARTS) is 1. The fourth-order valence-electron chi connectivity index (χ4n) is 8.76. The lowest BCUT2D eigenvalue weighted by Gasteiger charge is -2.63. The van der Waals surface area contributed by atoms with E-state index in [1.54, 1.807) is 0 Å². The average molecular weight is 409 g/mol. The highest BCUT2D eigenvalue weighted by Crippen LogP contribution is 2.68. The van der Waals surface area contributed by atoms with Gasteiger partial charge in [-0.3, -0.25) is 4.79 Å². The summed E-state index contributed by atoms with van der Waals surface area (Å²) >= 11 is 0. The Balaban J connectivity index is 1.60. The molecule has 4 aliphatic carbocycles. The zero-order chi connectivity index (χ0) is 21.1.